The molecule has 1 aliphatic rings. The summed E-state index contributed by atoms with van der Waals surface area (Å²) >= 11 is 0. The number of benzene rings is 1. The zero-order valence-electron chi connectivity index (χ0n) is 17.5. The van der Waals surface area contributed by atoms with Crippen LogP contribution in [0, 0.1) is 5.92 Å². The van der Waals surface area contributed by atoms with Gasteiger partial charge in [0.25, 0.3) is 0 Å². The second-order valence-electron chi connectivity index (χ2n) is 6.71. The van der Waals surface area contributed by atoms with Crippen molar-refractivity contribution in [2.24, 2.45) is 11.7 Å². The molecule has 0 aromatic heterocycles. The third kappa shape index (κ3) is 8.56. The minimum Gasteiger partial charge on any atom is -0.493 e. The van der Waals surface area contributed by atoms with Gasteiger partial charge in [-0.3, -0.25) is 4.79 Å². The zero-order chi connectivity index (χ0) is 19.6. The molecule has 1 saturated heterocycles. The van der Waals surface area contributed by atoms with E-state index in [-0.39, 0.29) is 36.6 Å². The van der Waals surface area contributed by atoms with Crippen molar-refractivity contribution in [2.45, 2.75) is 32.7 Å². The highest BCUT2D eigenvalue weighted by atomic mass is 35.5. The van der Waals surface area contributed by atoms with E-state index in [1.54, 1.807) is 25.3 Å². The van der Waals surface area contributed by atoms with Crippen molar-refractivity contribution >= 4 is 36.4 Å². The lowest BCUT2D eigenvalue weighted by Gasteiger charge is -2.26. The number of methoxy groups -OCH3 is 1. The number of ether oxygens (including phenoxy) is 3. The molecule has 0 bridgehead atoms. The molecule has 1 atom stereocenters. The van der Waals surface area contributed by atoms with Gasteiger partial charge in [0.15, 0.2) is 11.5 Å². The topological polar surface area (TPSA) is 86.1 Å². The largest absolute Gasteiger partial charge is 0.493 e. The van der Waals surface area contributed by atoms with Gasteiger partial charge in [-0.2, -0.15) is 0 Å². The molecule has 1 heterocycles. The minimum atomic E-state index is -0.539. The molecule has 9 heteroatoms. The second kappa shape index (κ2) is 14.7. The number of hydrogen-bond donors (Lipinski definition) is 2. The molecule has 0 radical (unpaired) electrons. The van der Waals surface area contributed by atoms with E-state index in [1.807, 2.05) is 0 Å². The summed E-state index contributed by atoms with van der Waals surface area (Å²) in [4.78, 5) is 14.8. The van der Waals surface area contributed by atoms with Gasteiger partial charge in [-0.1, -0.05) is 13.8 Å². The van der Waals surface area contributed by atoms with Gasteiger partial charge in [0.2, 0.25) is 5.91 Å². The van der Waals surface area contributed by atoms with Gasteiger partial charge in [0, 0.05) is 31.5 Å². The van der Waals surface area contributed by atoms with Gasteiger partial charge in [0.1, 0.15) is 6.61 Å². The molecule has 3 N–H and O–H groups in total. The summed E-state index contributed by atoms with van der Waals surface area (Å²) in [5.41, 5.74) is 6.80. The number of hydrogen-bond acceptors (Lipinski definition) is 6. The molecule has 168 valence electrons. The molecule has 2 rings (SSSR count). The molecule has 7 nitrogen and oxygen atoms in total. The molecule has 1 amide bonds. The zero-order valence-corrected chi connectivity index (χ0v) is 19.2. The number of carbonyl (C=O) groups excluding carboxylic acids is 1. The fourth-order valence-corrected chi connectivity index (χ4v) is 3.21. The van der Waals surface area contributed by atoms with Crippen LogP contribution >= 0.6 is 24.8 Å². The van der Waals surface area contributed by atoms with Gasteiger partial charge in [0.05, 0.1) is 13.2 Å². The predicted molar refractivity (Wildman–Crippen MR) is 121 cm³/mol. The summed E-state index contributed by atoms with van der Waals surface area (Å²) < 4.78 is 16.6. The quantitative estimate of drug-likeness (QED) is 0.568. The van der Waals surface area contributed by atoms with E-state index in [9.17, 15) is 4.79 Å². The molecule has 1 aliphatic heterocycles. The highest BCUT2D eigenvalue weighted by Gasteiger charge is 2.26. The Kier molecular flexibility index (Phi) is 14.1. The van der Waals surface area contributed by atoms with E-state index in [4.69, 9.17) is 19.9 Å². The Hall–Kier alpha value is -1.25. The average Bonchev–Trinajstić information content (AvgIpc) is 2.71. The summed E-state index contributed by atoms with van der Waals surface area (Å²) in [5, 5.41) is 2.90. The normalized spacial score (nSPS) is 15.1. The van der Waals surface area contributed by atoms with Crippen LogP contribution in [0.25, 0.3) is 0 Å². The molecule has 29 heavy (non-hydrogen) atoms. The molecule has 1 aromatic carbocycles. The SMILES string of the molecule is CCN(CC)CCOc1cc(NC(=O)C(N)C2CCOCC2)ccc1OC.Cl.Cl. The Bertz CT molecular complexity index is 597. The Balaban J connectivity index is 0.00000392. The number of likely N-dealkylation sites (N-methyl/N-ethyl adjacent to an activating group) is 1. The van der Waals surface area contributed by atoms with Gasteiger partial charge >= 0.3 is 0 Å². The first kappa shape index (κ1) is 27.8. The van der Waals surface area contributed by atoms with Crippen molar-refractivity contribution in [1.29, 1.82) is 0 Å². The van der Waals surface area contributed by atoms with Crippen molar-refractivity contribution in [3.8, 4) is 11.5 Å². The molecule has 0 aliphatic carbocycles. The van der Waals surface area contributed by atoms with E-state index < -0.39 is 6.04 Å². The molecule has 1 unspecified atom stereocenters. The van der Waals surface area contributed by atoms with Crippen molar-refractivity contribution < 1.29 is 19.0 Å². The summed E-state index contributed by atoms with van der Waals surface area (Å²) in [7, 11) is 1.60. The highest BCUT2D eigenvalue weighted by molar-refractivity contribution is 5.95. The van der Waals surface area contributed by atoms with Gasteiger partial charge in [-0.15, -0.1) is 24.8 Å². The standard InChI is InChI=1S/C20H33N3O4.2ClH/c1-4-23(5-2)10-13-27-18-14-16(6-7-17(18)25-3)22-20(24)19(21)15-8-11-26-12-9-15;;/h6-7,14-15,19H,4-5,8-13,21H2,1-3H3,(H,22,24);2*1H. The van der Waals surface area contributed by atoms with Gasteiger partial charge in [-0.05, 0) is 44.0 Å². The Morgan fingerprint density at radius 2 is 1.90 bits per heavy atom. The Morgan fingerprint density at radius 1 is 1.24 bits per heavy atom. The van der Waals surface area contributed by atoms with Gasteiger partial charge in [-0.25, -0.2) is 0 Å². The monoisotopic (exact) mass is 451 g/mol. The lowest BCUT2D eigenvalue weighted by Crippen LogP contribution is -2.44. The van der Waals surface area contributed by atoms with E-state index in [0.29, 0.717) is 37.0 Å². The maximum Gasteiger partial charge on any atom is 0.241 e. The number of anilines is 1. The van der Waals surface area contributed by atoms with Crippen LogP contribution in [0.5, 0.6) is 11.5 Å². The highest BCUT2D eigenvalue weighted by Crippen LogP contribution is 2.30. The van der Waals surface area contributed by atoms with Crippen LogP contribution in [0.3, 0.4) is 0 Å². The maximum absolute atomic E-state index is 12.5. The van der Waals surface area contributed by atoms with Crippen LogP contribution in [-0.4, -0.2) is 63.4 Å². The molecule has 0 spiro atoms. The summed E-state index contributed by atoms with van der Waals surface area (Å²) in [6.07, 6.45) is 1.63. The maximum atomic E-state index is 12.5. The van der Waals surface area contributed by atoms with E-state index >= 15 is 0 Å². The lowest BCUT2D eigenvalue weighted by atomic mass is 9.92. The van der Waals surface area contributed by atoms with Crippen molar-refractivity contribution in [3.63, 3.8) is 0 Å². The number of carbonyl (C=O) groups is 1. The van der Waals surface area contributed by atoms with Crippen LogP contribution < -0.4 is 20.5 Å². The number of amides is 1. The van der Waals surface area contributed by atoms with Crippen LogP contribution in [-0.2, 0) is 9.53 Å². The lowest BCUT2D eigenvalue weighted by molar-refractivity contribution is -0.119. The van der Waals surface area contributed by atoms with E-state index in [0.717, 1.165) is 32.5 Å². The van der Waals surface area contributed by atoms with Crippen molar-refractivity contribution in [2.75, 3.05) is 51.9 Å². The number of halogens is 2. The third-order valence-electron chi connectivity index (χ3n) is 5.07. The first-order valence-corrected chi connectivity index (χ1v) is 9.76. The number of nitrogens with zero attached hydrogens (tertiary/aromatic N) is 1. The first-order chi connectivity index (χ1) is 13.1. The number of rotatable bonds is 10. The smallest absolute Gasteiger partial charge is 0.241 e. The summed E-state index contributed by atoms with van der Waals surface area (Å²) in [6, 6.07) is 4.84. The van der Waals surface area contributed by atoms with E-state index in [1.165, 1.54) is 0 Å². The third-order valence-corrected chi connectivity index (χ3v) is 5.07. The molecular weight excluding hydrogens is 417 g/mol. The Labute approximate surface area is 186 Å². The van der Waals surface area contributed by atoms with Crippen LogP contribution in [0.4, 0.5) is 5.69 Å². The fraction of sp³-hybridized carbons (Fsp3) is 0.650. The summed E-state index contributed by atoms with van der Waals surface area (Å²) in [6.45, 7) is 8.94. The summed E-state index contributed by atoms with van der Waals surface area (Å²) in [5.74, 6) is 1.23. The van der Waals surface area contributed by atoms with E-state index in [2.05, 4.69) is 24.1 Å². The van der Waals surface area contributed by atoms with Crippen molar-refractivity contribution in [3.05, 3.63) is 18.2 Å². The van der Waals surface area contributed by atoms with Crippen LogP contribution in [0.15, 0.2) is 18.2 Å². The number of nitrogens with two attached hydrogens (primary N) is 1. The average molecular weight is 452 g/mol. The van der Waals surface area contributed by atoms with Crippen molar-refractivity contribution in [1.82, 2.24) is 4.90 Å². The first-order valence-electron chi connectivity index (χ1n) is 9.76. The molecular formula is C20H35Cl2N3O4. The molecule has 0 saturated carbocycles. The van der Waals surface area contributed by atoms with Crippen LogP contribution in [0.2, 0.25) is 0 Å². The fourth-order valence-electron chi connectivity index (χ4n) is 3.21. The predicted octanol–water partition coefficient (Wildman–Crippen LogP) is 2.95. The minimum absolute atomic E-state index is 0. The van der Waals surface area contributed by atoms with Gasteiger partial charge < -0.3 is 30.2 Å². The Morgan fingerprint density at radius 3 is 2.48 bits per heavy atom. The van der Waals surface area contributed by atoms with Crippen LogP contribution in [0.1, 0.15) is 26.7 Å². The number of nitrogens with one attached hydrogen (secondary N) is 1. The molecule has 1 aromatic rings. The molecule has 1 fully saturated rings. The second-order valence-corrected chi connectivity index (χ2v) is 6.71.